The van der Waals surface area contributed by atoms with Crippen LogP contribution in [-0.2, 0) is 9.53 Å². The number of ether oxygens (including phenoxy) is 1. The van der Waals surface area contributed by atoms with Gasteiger partial charge < -0.3 is 10.1 Å². The normalized spacial score (nSPS) is 11.3. The van der Waals surface area contributed by atoms with Crippen LogP contribution in [0.2, 0.25) is 0 Å². The van der Waals surface area contributed by atoms with E-state index in [0.717, 1.165) is 5.56 Å². The van der Waals surface area contributed by atoms with Crippen LogP contribution in [0.3, 0.4) is 0 Å². The minimum atomic E-state index is -1.18. The van der Waals surface area contributed by atoms with E-state index < -0.39 is 24.3 Å². The van der Waals surface area contributed by atoms with Gasteiger partial charge in [-0.3, -0.25) is 4.79 Å². The van der Waals surface area contributed by atoms with E-state index >= 15 is 0 Å². The second-order valence-electron chi connectivity index (χ2n) is 4.69. The van der Waals surface area contributed by atoms with Gasteiger partial charge in [0, 0.05) is 16.7 Å². The number of esters is 1. The fraction of sp³-hybridized carbons (Fsp3) is 0.188. The molecule has 0 spiro atoms. The van der Waals surface area contributed by atoms with Crippen molar-refractivity contribution in [1.29, 1.82) is 10.7 Å². The summed E-state index contributed by atoms with van der Waals surface area (Å²) >= 11 is 1.30. The number of benzene rings is 1. The molecule has 0 aliphatic heterocycles. The van der Waals surface area contributed by atoms with Gasteiger partial charge in [0.2, 0.25) is 0 Å². The van der Waals surface area contributed by atoms with E-state index in [-0.39, 0.29) is 11.4 Å². The van der Waals surface area contributed by atoms with Crippen molar-refractivity contribution in [2.45, 2.75) is 6.92 Å². The Bertz CT molecular complexity index is 777. The van der Waals surface area contributed by atoms with Gasteiger partial charge in [-0.1, -0.05) is 30.3 Å². The van der Waals surface area contributed by atoms with Crippen molar-refractivity contribution in [3.8, 4) is 16.6 Å². The van der Waals surface area contributed by atoms with E-state index in [1.165, 1.54) is 18.3 Å². The lowest BCUT2D eigenvalue weighted by atomic mass is 10.0. The van der Waals surface area contributed by atoms with E-state index in [1.54, 1.807) is 11.4 Å². The molecule has 0 saturated heterocycles. The summed E-state index contributed by atoms with van der Waals surface area (Å²) in [7, 11) is 0. The van der Waals surface area contributed by atoms with E-state index in [9.17, 15) is 9.59 Å². The highest BCUT2D eigenvalue weighted by molar-refractivity contribution is 7.13. The van der Waals surface area contributed by atoms with Crippen molar-refractivity contribution in [3.63, 3.8) is 0 Å². The standard InChI is InChI=1S/C16H13N3O3S/c1-10(18)12(7-17)14(20)8-22-16(21)13-9-23-15(19-13)11-5-3-2-4-6-11/h2-6,9,12,18H,8H2,1H3. The fourth-order valence-electron chi connectivity index (χ4n) is 1.79. The average molecular weight is 327 g/mol. The molecule has 0 bridgehead atoms. The summed E-state index contributed by atoms with van der Waals surface area (Å²) in [6.45, 7) is 0.811. The summed E-state index contributed by atoms with van der Waals surface area (Å²) in [5.41, 5.74) is 0.923. The summed E-state index contributed by atoms with van der Waals surface area (Å²) in [4.78, 5) is 27.8. The highest BCUT2D eigenvalue weighted by atomic mass is 32.1. The van der Waals surface area contributed by atoms with Crippen molar-refractivity contribution >= 4 is 28.8 Å². The Labute approximate surface area is 136 Å². The minimum Gasteiger partial charge on any atom is -0.453 e. The number of rotatable bonds is 6. The Morgan fingerprint density at radius 3 is 2.70 bits per heavy atom. The van der Waals surface area contributed by atoms with Gasteiger partial charge in [-0.25, -0.2) is 9.78 Å². The fourth-order valence-corrected chi connectivity index (χ4v) is 2.58. The summed E-state index contributed by atoms with van der Waals surface area (Å²) in [6, 6.07) is 11.1. The number of nitrogens with zero attached hydrogens (tertiary/aromatic N) is 2. The number of thiazole rings is 1. The van der Waals surface area contributed by atoms with Crippen LogP contribution < -0.4 is 0 Å². The first-order chi connectivity index (χ1) is 11.0. The third-order valence-corrected chi connectivity index (χ3v) is 3.86. The summed E-state index contributed by atoms with van der Waals surface area (Å²) in [5, 5.41) is 18.4. The first-order valence-electron chi connectivity index (χ1n) is 6.68. The van der Waals surface area contributed by atoms with Crippen LogP contribution in [0, 0.1) is 22.7 Å². The van der Waals surface area contributed by atoms with Crippen molar-refractivity contribution in [1.82, 2.24) is 4.98 Å². The van der Waals surface area contributed by atoms with Crippen LogP contribution in [0.5, 0.6) is 0 Å². The molecule has 1 atom stereocenters. The highest BCUT2D eigenvalue weighted by Crippen LogP contribution is 2.23. The van der Waals surface area contributed by atoms with Crippen LogP contribution in [0.1, 0.15) is 17.4 Å². The molecule has 6 nitrogen and oxygen atoms in total. The molecule has 0 saturated carbocycles. The monoisotopic (exact) mass is 327 g/mol. The van der Waals surface area contributed by atoms with E-state index in [1.807, 2.05) is 30.3 Å². The number of hydrogen-bond donors (Lipinski definition) is 1. The molecule has 7 heteroatoms. The molecule has 2 aromatic rings. The second kappa shape index (κ2) is 7.42. The van der Waals surface area contributed by atoms with Gasteiger partial charge >= 0.3 is 5.97 Å². The predicted molar refractivity (Wildman–Crippen MR) is 85.3 cm³/mol. The quantitative estimate of drug-likeness (QED) is 0.649. The average Bonchev–Trinajstić information content (AvgIpc) is 3.04. The molecular weight excluding hydrogens is 314 g/mol. The van der Waals surface area contributed by atoms with Crippen LogP contribution in [0.15, 0.2) is 35.7 Å². The Kier molecular flexibility index (Phi) is 5.33. The van der Waals surface area contributed by atoms with Gasteiger partial charge in [-0.2, -0.15) is 5.26 Å². The Balaban J connectivity index is 2.00. The van der Waals surface area contributed by atoms with Crippen LogP contribution >= 0.6 is 11.3 Å². The number of nitriles is 1. The molecule has 1 aromatic heterocycles. The van der Waals surface area contributed by atoms with Gasteiger partial charge in [0.25, 0.3) is 0 Å². The summed E-state index contributed by atoms with van der Waals surface area (Å²) in [6.07, 6.45) is 0. The van der Waals surface area contributed by atoms with Gasteiger partial charge in [0.05, 0.1) is 6.07 Å². The predicted octanol–water partition coefficient (Wildman–Crippen LogP) is 2.72. The van der Waals surface area contributed by atoms with Crippen LogP contribution in [0.25, 0.3) is 10.6 Å². The number of nitrogens with one attached hydrogen (secondary N) is 1. The zero-order valence-corrected chi connectivity index (χ0v) is 13.1. The number of aromatic nitrogens is 1. The summed E-state index contributed by atoms with van der Waals surface area (Å²) < 4.78 is 4.88. The molecule has 116 valence electrons. The second-order valence-corrected chi connectivity index (χ2v) is 5.55. The first kappa shape index (κ1) is 16.5. The molecule has 23 heavy (non-hydrogen) atoms. The van der Waals surface area contributed by atoms with E-state index in [4.69, 9.17) is 15.4 Å². The lowest BCUT2D eigenvalue weighted by Gasteiger charge is -2.06. The lowest BCUT2D eigenvalue weighted by molar-refractivity contribution is -0.122. The zero-order valence-electron chi connectivity index (χ0n) is 12.3. The van der Waals surface area contributed by atoms with Crippen LogP contribution in [0.4, 0.5) is 0 Å². The number of ketones is 1. The molecule has 2 rings (SSSR count). The highest BCUT2D eigenvalue weighted by Gasteiger charge is 2.22. The number of carbonyl (C=O) groups excluding carboxylic acids is 2. The first-order valence-corrected chi connectivity index (χ1v) is 7.56. The topological polar surface area (TPSA) is 104 Å². The minimum absolute atomic E-state index is 0.0754. The van der Waals surface area contributed by atoms with Gasteiger partial charge in [-0.05, 0) is 6.92 Å². The summed E-state index contributed by atoms with van der Waals surface area (Å²) in [5.74, 6) is -2.53. The molecule has 0 radical (unpaired) electrons. The maximum atomic E-state index is 11.9. The molecule has 0 fully saturated rings. The van der Waals surface area contributed by atoms with Crippen molar-refractivity contribution < 1.29 is 14.3 Å². The smallest absolute Gasteiger partial charge is 0.358 e. The molecule has 1 N–H and O–H groups in total. The SMILES string of the molecule is CC(=N)C(C#N)C(=O)COC(=O)c1csc(-c2ccccc2)n1. The molecule has 0 aliphatic rings. The van der Waals surface area contributed by atoms with Gasteiger partial charge in [0.15, 0.2) is 18.1 Å². The van der Waals surface area contributed by atoms with Crippen LogP contribution in [-0.4, -0.2) is 29.1 Å². The number of hydrogen-bond acceptors (Lipinski definition) is 7. The molecule has 1 unspecified atom stereocenters. The molecule has 0 aliphatic carbocycles. The molecule has 0 amide bonds. The maximum absolute atomic E-state index is 11.9. The third kappa shape index (κ3) is 4.08. The van der Waals surface area contributed by atoms with Crippen molar-refractivity contribution in [3.05, 3.63) is 41.4 Å². The van der Waals surface area contributed by atoms with Gasteiger partial charge in [-0.15, -0.1) is 11.3 Å². The lowest BCUT2D eigenvalue weighted by Crippen LogP contribution is -2.25. The Morgan fingerprint density at radius 1 is 1.39 bits per heavy atom. The van der Waals surface area contributed by atoms with E-state index in [0.29, 0.717) is 5.01 Å². The van der Waals surface area contributed by atoms with Crippen molar-refractivity contribution in [2.75, 3.05) is 6.61 Å². The molecule has 1 heterocycles. The van der Waals surface area contributed by atoms with Crippen molar-refractivity contribution in [2.24, 2.45) is 5.92 Å². The number of Topliss-reactive ketones (excluding diaryl/α,β-unsaturated/α-hetero) is 1. The van der Waals surface area contributed by atoms with E-state index in [2.05, 4.69) is 4.98 Å². The molecular formula is C16H13N3O3S. The van der Waals surface area contributed by atoms with Gasteiger partial charge in [0.1, 0.15) is 10.9 Å². The Morgan fingerprint density at radius 2 is 2.09 bits per heavy atom. The Hall–Kier alpha value is -2.85. The number of carbonyl (C=O) groups is 2. The molecule has 1 aromatic carbocycles. The zero-order chi connectivity index (χ0) is 16.8. The maximum Gasteiger partial charge on any atom is 0.358 e. The third-order valence-electron chi connectivity index (χ3n) is 2.96. The largest absolute Gasteiger partial charge is 0.453 e.